The van der Waals surface area contributed by atoms with E-state index in [-0.39, 0.29) is 11.8 Å². The Bertz CT molecular complexity index is 587. The van der Waals surface area contributed by atoms with Crippen LogP contribution in [0.1, 0.15) is 47.5 Å². The van der Waals surface area contributed by atoms with Crippen molar-refractivity contribution in [2.75, 3.05) is 32.1 Å². The van der Waals surface area contributed by atoms with E-state index in [4.69, 9.17) is 4.74 Å². The molecule has 0 spiro atoms. The van der Waals surface area contributed by atoms with E-state index in [0.29, 0.717) is 5.92 Å². The highest BCUT2D eigenvalue weighted by atomic mass is 16.5. The second kappa shape index (κ2) is 8.32. The summed E-state index contributed by atoms with van der Waals surface area (Å²) in [7, 11) is 4.02. The van der Waals surface area contributed by atoms with Gasteiger partial charge in [0.2, 0.25) is 0 Å². The number of hydrogen-bond donors (Lipinski definition) is 0. The van der Waals surface area contributed by atoms with Crippen molar-refractivity contribution in [1.82, 2.24) is 4.90 Å². The monoisotopic (exact) mass is 360 g/mol. The summed E-state index contributed by atoms with van der Waals surface area (Å²) >= 11 is 0. The molecule has 1 heterocycles. The molecule has 0 bridgehead atoms. The number of carbonyl (C=O) groups is 1. The Labute approximate surface area is 159 Å². The van der Waals surface area contributed by atoms with Gasteiger partial charge in [-0.15, -0.1) is 0 Å². The molecule has 1 fully saturated rings. The van der Waals surface area contributed by atoms with Gasteiger partial charge >= 0.3 is 0 Å². The SMILES string of the molecule is CC(C)C1CCN(C(=O)C(C)(Oc2ccc(N(C)C)cc2)C(C)C)CC1. The Morgan fingerprint density at radius 3 is 2.08 bits per heavy atom. The molecule has 1 aromatic carbocycles. The van der Waals surface area contributed by atoms with Crippen LogP contribution in [0.15, 0.2) is 24.3 Å². The highest BCUT2D eigenvalue weighted by Crippen LogP contribution is 2.31. The standard InChI is InChI=1S/C22H36N2O2/c1-16(2)18-12-14-24(15-13-18)21(25)22(5,17(3)4)26-20-10-8-19(9-11-20)23(6)7/h8-11,16-18H,12-15H2,1-7H3. The number of benzene rings is 1. The fourth-order valence-electron chi connectivity index (χ4n) is 3.55. The maximum atomic E-state index is 13.3. The quantitative estimate of drug-likeness (QED) is 0.752. The normalized spacial score (nSPS) is 18.1. The van der Waals surface area contributed by atoms with E-state index in [1.807, 2.05) is 50.2 Å². The van der Waals surface area contributed by atoms with Gasteiger partial charge in [-0.1, -0.05) is 27.7 Å². The van der Waals surface area contributed by atoms with Gasteiger partial charge in [-0.25, -0.2) is 0 Å². The highest BCUT2D eigenvalue weighted by molar-refractivity contribution is 5.85. The van der Waals surface area contributed by atoms with E-state index < -0.39 is 5.60 Å². The van der Waals surface area contributed by atoms with Crippen LogP contribution in [0.25, 0.3) is 0 Å². The summed E-state index contributed by atoms with van der Waals surface area (Å²) in [4.78, 5) is 17.4. The molecule has 1 aliphatic heterocycles. The summed E-state index contributed by atoms with van der Waals surface area (Å²) in [6.45, 7) is 12.3. The van der Waals surface area contributed by atoms with Crippen LogP contribution in [0, 0.1) is 17.8 Å². The van der Waals surface area contributed by atoms with Crippen LogP contribution >= 0.6 is 0 Å². The highest BCUT2D eigenvalue weighted by Gasteiger charge is 2.43. The lowest BCUT2D eigenvalue weighted by Gasteiger charge is -2.41. The van der Waals surface area contributed by atoms with E-state index in [1.54, 1.807) is 0 Å². The lowest BCUT2D eigenvalue weighted by Crippen LogP contribution is -2.56. The average molecular weight is 361 g/mol. The van der Waals surface area contributed by atoms with Crippen LogP contribution in [0.2, 0.25) is 0 Å². The van der Waals surface area contributed by atoms with Crippen molar-refractivity contribution in [2.24, 2.45) is 17.8 Å². The van der Waals surface area contributed by atoms with Crippen molar-refractivity contribution in [3.63, 3.8) is 0 Å². The lowest BCUT2D eigenvalue weighted by atomic mass is 9.85. The molecule has 1 saturated heterocycles. The Balaban J connectivity index is 2.12. The smallest absolute Gasteiger partial charge is 0.266 e. The van der Waals surface area contributed by atoms with Gasteiger partial charge in [0.25, 0.3) is 5.91 Å². The Morgan fingerprint density at radius 2 is 1.65 bits per heavy atom. The molecule has 2 rings (SSSR count). The van der Waals surface area contributed by atoms with E-state index in [9.17, 15) is 4.79 Å². The van der Waals surface area contributed by atoms with Crippen molar-refractivity contribution < 1.29 is 9.53 Å². The van der Waals surface area contributed by atoms with E-state index >= 15 is 0 Å². The molecule has 1 aromatic rings. The molecule has 1 amide bonds. The van der Waals surface area contributed by atoms with Crippen LogP contribution < -0.4 is 9.64 Å². The van der Waals surface area contributed by atoms with Gasteiger partial charge < -0.3 is 14.5 Å². The first-order valence-corrected chi connectivity index (χ1v) is 9.91. The topological polar surface area (TPSA) is 32.8 Å². The van der Waals surface area contributed by atoms with Crippen LogP contribution in [0.5, 0.6) is 5.75 Å². The summed E-state index contributed by atoms with van der Waals surface area (Å²) in [6, 6.07) is 7.95. The number of hydrogen-bond acceptors (Lipinski definition) is 3. The van der Waals surface area contributed by atoms with Crippen molar-refractivity contribution >= 4 is 11.6 Å². The van der Waals surface area contributed by atoms with Gasteiger partial charge in [0.05, 0.1) is 0 Å². The zero-order valence-corrected chi connectivity index (χ0v) is 17.6. The third-order valence-electron chi connectivity index (χ3n) is 5.98. The predicted octanol–water partition coefficient (Wildman–Crippen LogP) is 4.44. The molecule has 4 heteroatoms. The zero-order valence-electron chi connectivity index (χ0n) is 17.6. The molecule has 4 nitrogen and oxygen atoms in total. The zero-order chi connectivity index (χ0) is 19.5. The number of rotatable bonds is 6. The Morgan fingerprint density at radius 1 is 1.12 bits per heavy atom. The largest absolute Gasteiger partial charge is 0.477 e. The summed E-state index contributed by atoms with van der Waals surface area (Å²) in [6.07, 6.45) is 2.18. The number of amides is 1. The average Bonchev–Trinajstić information content (AvgIpc) is 2.61. The summed E-state index contributed by atoms with van der Waals surface area (Å²) < 4.78 is 6.28. The van der Waals surface area contributed by atoms with Crippen molar-refractivity contribution in [2.45, 2.75) is 53.1 Å². The van der Waals surface area contributed by atoms with Crippen LogP contribution in [-0.2, 0) is 4.79 Å². The molecular weight excluding hydrogens is 324 g/mol. The third kappa shape index (κ3) is 4.52. The maximum Gasteiger partial charge on any atom is 0.266 e. The molecule has 1 atom stereocenters. The molecular formula is C22H36N2O2. The summed E-state index contributed by atoms with van der Waals surface area (Å²) in [5, 5.41) is 0. The van der Waals surface area contributed by atoms with Gasteiger partial charge in [-0.2, -0.15) is 0 Å². The van der Waals surface area contributed by atoms with Crippen molar-refractivity contribution in [1.29, 1.82) is 0 Å². The van der Waals surface area contributed by atoms with Gasteiger partial charge in [0, 0.05) is 38.8 Å². The van der Waals surface area contributed by atoms with Crippen LogP contribution in [0.4, 0.5) is 5.69 Å². The van der Waals surface area contributed by atoms with Gasteiger partial charge in [0.1, 0.15) is 5.75 Å². The van der Waals surface area contributed by atoms with Gasteiger partial charge in [-0.3, -0.25) is 4.79 Å². The minimum atomic E-state index is -0.843. The minimum absolute atomic E-state index is 0.0892. The molecule has 1 aliphatic rings. The Kier molecular flexibility index (Phi) is 6.59. The Hall–Kier alpha value is -1.71. The summed E-state index contributed by atoms with van der Waals surface area (Å²) in [5.41, 5.74) is 0.273. The molecule has 26 heavy (non-hydrogen) atoms. The molecule has 0 saturated carbocycles. The number of carbonyl (C=O) groups excluding carboxylic acids is 1. The number of nitrogens with zero attached hydrogens (tertiary/aromatic N) is 2. The van der Waals surface area contributed by atoms with E-state index in [0.717, 1.165) is 43.3 Å². The lowest BCUT2D eigenvalue weighted by molar-refractivity contribution is -0.152. The second-order valence-electron chi connectivity index (χ2n) is 8.63. The maximum absolute atomic E-state index is 13.3. The molecule has 0 aromatic heterocycles. The number of ether oxygens (including phenoxy) is 1. The van der Waals surface area contributed by atoms with Crippen LogP contribution in [0.3, 0.4) is 0 Å². The van der Waals surface area contributed by atoms with Gasteiger partial charge in [-0.05, 0) is 55.9 Å². The van der Waals surface area contributed by atoms with Crippen molar-refractivity contribution in [3.05, 3.63) is 24.3 Å². The third-order valence-corrected chi connectivity index (χ3v) is 5.98. The van der Waals surface area contributed by atoms with Crippen LogP contribution in [-0.4, -0.2) is 43.6 Å². The number of piperidine rings is 1. The molecule has 0 aliphatic carbocycles. The number of likely N-dealkylation sites (tertiary alicyclic amines) is 1. The first-order chi connectivity index (χ1) is 12.1. The predicted molar refractivity (Wildman–Crippen MR) is 109 cm³/mol. The van der Waals surface area contributed by atoms with Gasteiger partial charge in [0.15, 0.2) is 5.60 Å². The molecule has 146 valence electrons. The molecule has 0 N–H and O–H groups in total. The van der Waals surface area contributed by atoms with Crippen molar-refractivity contribution in [3.8, 4) is 5.75 Å². The minimum Gasteiger partial charge on any atom is -0.477 e. The van der Waals surface area contributed by atoms with E-state index in [1.165, 1.54) is 0 Å². The second-order valence-corrected chi connectivity index (χ2v) is 8.63. The first-order valence-electron chi connectivity index (χ1n) is 9.91. The first kappa shape index (κ1) is 20.6. The number of anilines is 1. The fourth-order valence-corrected chi connectivity index (χ4v) is 3.55. The fraction of sp³-hybridized carbons (Fsp3) is 0.682. The molecule has 0 radical (unpaired) electrons. The molecule has 1 unspecified atom stereocenters. The summed E-state index contributed by atoms with van der Waals surface area (Å²) in [5.74, 6) is 2.37. The van der Waals surface area contributed by atoms with E-state index in [2.05, 4.69) is 32.6 Å².